The summed E-state index contributed by atoms with van der Waals surface area (Å²) >= 11 is 0. The van der Waals surface area contributed by atoms with Crippen molar-refractivity contribution in [1.29, 1.82) is 0 Å². The summed E-state index contributed by atoms with van der Waals surface area (Å²) in [6, 6.07) is 2.00. The van der Waals surface area contributed by atoms with Crippen LogP contribution in [0.15, 0.2) is 24.3 Å². The van der Waals surface area contributed by atoms with Crippen LogP contribution < -0.4 is 21.7 Å². The number of carbonyl (C=O) groups excluding carboxylic acids is 3. The van der Waals surface area contributed by atoms with E-state index < -0.39 is 60.2 Å². The molecule has 8 N–H and O–H groups in total. The fourth-order valence-electron chi connectivity index (χ4n) is 2.85. The molecule has 33 heavy (non-hydrogen) atoms. The minimum atomic E-state index is -1.26. The van der Waals surface area contributed by atoms with Gasteiger partial charge in [-0.2, -0.15) is 0 Å². The van der Waals surface area contributed by atoms with Crippen molar-refractivity contribution in [2.24, 2.45) is 5.73 Å². The zero-order valence-electron chi connectivity index (χ0n) is 18.4. The van der Waals surface area contributed by atoms with Crippen LogP contribution in [0.2, 0.25) is 0 Å². The monoisotopic (exact) mass is 466 g/mol. The van der Waals surface area contributed by atoms with E-state index in [1.165, 1.54) is 26.0 Å². The Hall–Kier alpha value is -3.67. The number of hydrogen-bond acceptors (Lipinski definition) is 7. The van der Waals surface area contributed by atoms with Gasteiger partial charge in [0.05, 0.1) is 12.5 Å². The molecule has 0 bridgehead atoms. The summed E-state index contributed by atoms with van der Waals surface area (Å²) in [6.07, 6.45) is -0.841. The Morgan fingerprint density at radius 2 is 1.48 bits per heavy atom. The zero-order chi connectivity index (χ0) is 25.1. The molecule has 0 heterocycles. The zero-order valence-corrected chi connectivity index (χ0v) is 18.4. The number of aromatic hydroxyl groups is 1. The van der Waals surface area contributed by atoms with Gasteiger partial charge >= 0.3 is 11.9 Å². The van der Waals surface area contributed by atoms with Crippen molar-refractivity contribution in [1.82, 2.24) is 16.0 Å². The number of hydrogen-bond donors (Lipinski definition) is 7. The molecule has 12 nitrogen and oxygen atoms in total. The molecular weight excluding hydrogens is 436 g/mol. The number of carbonyl (C=O) groups is 5. The lowest BCUT2D eigenvalue weighted by molar-refractivity contribution is -0.139. The van der Waals surface area contributed by atoms with Crippen molar-refractivity contribution in [2.75, 3.05) is 0 Å². The summed E-state index contributed by atoms with van der Waals surface area (Å²) in [6.45, 7) is 2.86. The molecule has 4 atom stereocenters. The molecule has 1 aromatic carbocycles. The Balaban J connectivity index is 2.75. The van der Waals surface area contributed by atoms with Gasteiger partial charge in [-0.25, -0.2) is 0 Å². The van der Waals surface area contributed by atoms with Gasteiger partial charge in [-0.15, -0.1) is 0 Å². The van der Waals surface area contributed by atoms with E-state index in [9.17, 15) is 29.1 Å². The Bertz CT molecular complexity index is 858. The Kier molecular flexibility index (Phi) is 10.8. The molecule has 0 radical (unpaired) electrons. The number of carboxylic acid groups (broad SMARTS) is 2. The third-order valence-electron chi connectivity index (χ3n) is 4.63. The van der Waals surface area contributed by atoms with Gasteiger partial charge in [-0.3, -0.25) is 24.0 Å². The van der Waals surface area contributed by atoms with E-state index in [1.807, 2.05) is 0 Å². The van der Waals surface area contributed by atoms with E-state index in [0.717, 1.165) is 0 Å². The molecule has 0 saturated carbocycles. The van der Waals surface area contributed by atoms with E-state index in [-0.39, 0.29) is 25.0 Å². The largest absolute Gasteiger partial charge is 0.508 e. The highest BCUT2D eigenvalue weighted by molar-refractivity contribution is 5.93. The first-order valence-electron chi connectivity index (χ1n) is 10.3. The van der Waals surface area contributed by atoms with Crippen LogP contribution in [-0.2, 0) is 30.4 Å². The van der Waals surface area contributed by atoms with Crippen LogP contribution in [0.4, 0.5) is 0 Å². The lowest BCUT2D eigenvalue weighted by atomic mass is 10.0. The molecule has 12 heteroatoms. The maximum absolute atomic E-state index is 12.6. The third-order valence-corrected chi connectivity index (χ3v) is 4.63. The molecule has 1 rings (SSSR count). The lowest BCUT2D eigenvalue weighted by Gasteiger charge is -2.23. The van der Waals surface area contributed by atoms with Gasteiger partial charge in [-0.05, 0) is 44.4 Å². The van der Waals surface area contributed by atoms with Gasteiger partial charge in [0.15, 0.2) is 0 Å². The molecule has 0 aliphatic carbocycles. The van der Waals surface area contributed by atoms with E-state index >= 15 is 0 Å². The minimum absolute atomic E-state index is 0.0534. The average Bonchev–Trinajstić information content (AvgIpc) is 2.71. The van der Waals surface area contributed by atoms with Gasteiger partial charge in [0, 0.05) is 12.5 Å². The maximum atomic E-state index is 12.6. The summed E-state index contributed by atoms with van der Waals surface area (Å²) in [5, 5.41) is 34.3. The van der Waals surface area contributed by atoms with Crippen molar-refractivity contribution >= 4 is 29.7 Å². The number of rotatable bonds is 13. The predicted octanol–water partition coefficient (Wildman–Crippen LogP) is -0.904. The summed E-state index contributed by atoms with van der Waals surface area (Å²) in [7, 11) is 0. The third kappa shape index (κ3) is 10.5. The molecule has 3 amide bonds. The normalized spacial score (nSPS) is 14.3. The molecule has 0 aliphatic rings. The number of benzene rings is 1. The summed E-state index contributed by atoms with van der Waals surface area (Å²) < 4.78 is 0. The smallest absolute Gasteiger partial charge is 0.305 e. The first kappa shape index (κ1) is 27.4. The number of aliphatic carboxylic acids is 2. The van der Waals surface area contributed by atoms with Gasteiger partial charge in [0.1, 0.15) is 17.8 Å². The molecule has 0 aliphatic heterocycles. The highest BCUT2D eigenvalue weighted by Gasteiger charge is 2.27. The first-order chi connectivity index (χ1) is 15.4. The molecular formula is C21H30N4O8. The second-order valence-corrected chi connectivity index (χ2v) is 7.71. The van der Waals surface area contributed by atoms with Crippen molar-refractivity contribution < 1.29 is 39.3 Å². The summed E-state index contributed by atoms with van der Waals surface area (Å²) in [5.41, 5.74) is 6.57. The Morgan fingerprint density at radius 1 is 0.879 bits per heavy atom. The van der Waals surface area contributed by atoms with Crippen LogP contribution in [-0.4, -0.2) is 69.1 Å². The molecule has 1 unspecified atom stereocenters. The molecule has 0 spiro atoms. The molecule has 0 fully saturated rings. The lowest BCUT2D eigenvalue weighted by Crippen LogP contribution is -2.56. The summed E-state index contributed by atoms with van der Waals surface area (Å²) in [5.74, 6) is -4.33. The average molecular weight is 466 g/mol. The predicted molar refractivity (Wildman–Crippen MR) is 116 cm³/mol. The second kappa shape index (κ2) is 13.0. The number of amides is 3. The highest BCUT2D eigenvalue weighted by atomic mass is 16.4. The molecule has 0 aromatic heterocycles. The van der Waals surface area contributed by atoms with Gasteiger partial charge in [0.25, 0.3) is 0 Å². The molecule has 0 saturated heterocycles. The molecule has 1 aromatic rings. The van der Waals surface area contributed by atoms with Crippen molar-refractivity contribution in [2.45, 2.75) is 63.7 Å². The fourth-order valence-corrected chi connectivity index (χ4v) is 2.85. The van der Waals surface area contributed by atoms with E-state index in [0.29, 0.717) is 5.56 Å². The maximum Gasteiger partial charge on any atom is 0.305 e. The van der Waals surface area contributed by atoms with Crippen molar-refractivity contribution in [3.05, 3.63) is 29.8 Å². The number of nitrogens with one attached hydrogen (secondary N) is 3. The Labute approximate surface area is 190 Å². The van der Waals surface area contributed by atoms with E-state index in [1.54, 1.807) is 12.1 Å². The molecule has 182 valence electrons. The van der Waals surface area contributed by atoms with Gasteiger partial charge in [0.2, 0.25) is 17.7 Å². The number of nitrogens with two attached hydrogens (primary N) is 1. The number of phenolic OH excluding ortho intramolecular Hbond substituents is 1. The topological polar surface area (TPSA) is 208 Å². The minimum Gasteiger partial charge on any atom is -0.508 e. The van der Waals surface area contributed by atoms with E-state index in [4.69, 9.17) is 15.9 Å². The van der Waals surface area contributed by atoms with Crippen LogP contribution in [0.1, 0.15) is 38.7 Å². The van der Waals surface area contributed by atoms with E-state index in [2.05, 4.69) is 16.0 Å². The fraction of sp³-hybridized carbons (Fsp3) is 0.476. The quantitative estimate of drug-likeness (QED) is 0.192. The van der Waals surface area contributed by atoms with Crippen LogP contribution in [0.5, 0.6) is 5.75 Å². The standard InChI is InChI=1S/C21H30N4O8/c1-11(9-18(29)30)23-19(31)12(2)24-21(33)16(7-8-17(27)28)25-20(32)15(22)10-13-3-5-14(26)6-4-13/h3-6,11-12,15-16,26H,7-10,22H2,1-2H3,(H,23,31)(H,24,33)(H,25,32)(H,27,28)(H,29,30)/t11?,12-,15-,16-/m0/s1. The highest BCUT2D eigenvalue weighted by Crippen LogP contribution is 2.11. The van der Waals surface area contributed by atoms with Crippen LogP contribution in [0.3, 0.4) is 0 Å². The Morgan fingerprint density at radius 3 is 2.03 bits per heavy atom. The summed E-state index contributed by atoms with van der Waals surface area (Å²) in [4.78, 5) is 59.0. The van der Waals surface area contributed by atoms with Crippen LogP contribution >= 0.6 is 0 Å². The van der Waals surface area contributed by atoms with Crippen LogP contribution in [0, 0.1) is 0 Å². The van der Waals surface area contributed by atoms with Crippen LogP contribution in [0.25, 0.3) is 0 Å². The SMILES string of the molecule is CC(CC(=O)O)NC(=O)[C@H](C)NC(=O)[C@H](CCC(=O)O)NC(=O)[C@@H](N)Cc1ccc(O)cc1. The second-order valence-electron chi connectivity index (χ2n) is 7.71. The van der Waals surface area contributed by atoms with Crippen molar-refractivity contribution in [3.8, 4) is 5.75 Å². The number of carboxylic acids is 2. The van der Waals surface area contributed by atoms with Gasteiger partial charge < -0.3 is 37.0 Å². The first-order valence-corrected chi connectivity index (χ1v) is 10.3. The van der Waals surface area contributed by atoms with Crippen molar-refractivity contribution in [3.63, 3.8) is 0 Å². The van der Waals surface area contributed by atoms with Gasteiger partial charge in [-0.1, -0.05) is 12.1 Å². The number of phenols is 1.